The van der Waals surface area contributed by atoms with Crippen LogP contribution in [0.5, 0.6) is 11.5 Å². The van der Waals surface area contributed by atoms with Crippen LogP contribution in [0.25, 0.3) is 5.69 Å². The number of rotatable bonds is 6. The summed E-state index contributed by atoms with van der Waals surface area (Å²) in [4.78, 5) is 12.1. The number of para-hydroxylation sites is 3. The van der Waals surface area contributed by atoms with Crippen LogP contribution in [0.4, 0.5) is 0 Å². The number of benzene rings is 2. The molecule has 1 atom stereocenters. The fraction of sp³-hybridized carbons (Fsp3) is 0.238. The Morgan fingerprint density at radius 3 is 2.74 bits per heavy atom. The van der Waals surface area contributed by atoms with Crippen molar-refractivity contribution in [3.05, 3.63) is 72.6 Å². The summed E-state index contributed by atoms with van der Waals surface area (Å²) in [6.07, 6.45) is 4.63. The van der Waals surface area contributed by atoms with Crippen molar-refractivity contribution in [3.8, 4) is 17.2 Å². The number of hydrogen-bond acceptors (Lipinski definition) is 4. The van der Waals surface area contributed by atoms with Crippen molar-refractivity contribution < 1.29 is 14.3 Å². The lowest BCUT2D eigenvalue weighted by Crippen LogP contribution is -2.40. The Hall–Kier alpha value is -3.28. The zero-order chi connectivity index (χ0) is 18.5. The quantitative estimate of drug-likeness (QED) is 0.731. The third-order valence-electron chi connectivity index (χ3n) is 4.39. The molecule has 0 fully saturated rings. The first-order valence-electron chi connectivity index (χ1n) is 9.02. The van der Waals surface area contributed by atoms with E-state index in [1.54, 1.807) is 6.20 Å². The minimum Gasteiger partial charge on any atom is -0.486 e. The van der Waals surface area contributed by atoms with Crippen LogP contribution in [0.2, 0.25) is 0 Å². The molecule has 2 heterocycles. The number of ether oxygens (including phenoxy) is 2. The maximum absolute atomic E-state index is 12.1. The lowest BCUT2D eigenvalue weighted by Gasteiger charge is -2.26. The fourth-order valence-corrected chi connectivity index (χ4v) is 2.95. The van der Waals surface area contributed by atoms with E-state index in [0.717, 1.165) is 22.7 Å². The van der Waals surface area contributed by atoms with Gasteiger partial charge in [-0.25, -0.2) is 4.68 Å². The Morgan fingerprint density at radius 2 is 1.89 bits per heavy atom. The number of carbonyl (C=O) groups is 1. The van der Waals surface area contributed by atoms with E-state index >= 15 is 0 Å². The molecule has 6 heteroatoms. The van der Waals surface area contributed by atoms with Crippen molar-refractivity contribution in [1.82, 2.24) is 15.1 Å². The molecule has 3 aromatic rings. The van der Waals surface area contributed by atoms with Gasteiger partial charge in [0, 0.05) is 12.6 Å². The lowest BCUT2D eigenvalue weighted by atomic mass is 10.2. The van der Waals surface area contributed by atoms with Gasteiger partial charge in [0.1, 0.15) is 12.7 Å². The van der Waals surface area contributed by atoms with E-state index in [4.69, 9.17) is 9.47 Å². The van der Waals surface area contributed by atoms with Crippen LogP contribution in [0.3, 0.4) is 0 Å². The molecular formula is C21H21N3O3. The van der Waals surface area contributed by atoms with Gasteiger partial charge in [-0.1, -0.05) is 30.3 Å². The smallest absolute Gasteiger partial charge is 0.220 e. The summed E-state index contributed by atoms with van der Waals surface area (Å²) in [7, 11) is 0. The lowest BCUT2D eigenvalue weighted by molar-refractivity contribution is -0.121. The molecule has 0 bridgehead atoms. The van der Waals surface area contributed by atoms with Gasteiger partial charge in [0.25, 0.3) is 0 Å². The normalized spacial score (nSPS) is 15.3. The van der Waals surface area contributed by atoms with E-state index in [9.17, 15) is 4.79 Å². The number of nitrogens with zero attached hydrogens (tertiary/aromatic N) is 2. The highest BCUT2D eigenvalue weighted by atomic mass is 16.6. The number of fused-ring (bicyclic) bond motifs is 1. The Morgan fingerprint density at radius 1 is 1.11 bits per heavy atom. The van der Waals surface area contributed by atoms with Crippen LogP contribution in [-0.4, -0.2) is 34.9 Å². The molecule has 6 nitrogen and oxygen atoms in total. The highest BCUT2D eigenvalue weighted by Crippen LogP contribution is 2.30. The molecule has 1 amide bonds. The second-order valence-electron chi connectivity index (χ2n) is 6.43. The largest absolute Gasteiger partial charge is 0.486 e. The average Bonchev–Trinajstić information content (AvgIpc) is 3.20. The van der Waals surface area contributed by atoms with Gasteiger partial charge in [-0.2, -0.15) is 5.10 Å². The van der Waals surface area contributed by atoms with Crippen molar-refractivity contribution in [2.75, 3.05) is 13.2 Å². The number of amides is 1. The van der Waals surface area contributed by atoms with Crippen LogP contribution >= 0.6 is 0 Å². The van der Waals surface area contributed by atoms with Crippen LogP contribution < -0.4 is 14.8 Å². The topological polar surface area (TPSA) is 65.4 Å². The average molecular weight is 363 g/mol. The van der Waals surface area contributed by atoms with Crippen molar-refractivity contribution in [1.29, 1.82) is 0 Å². The number of aryl methyl sites for hydroxylation is 1. The Balaban J connectivity index is 1.23. The van der Waals surface area contributed by atoms with E-state index in [1.165, 1.54) is 0 Å². The van der Waals surface area contributed by atoms with E-state index in [2.05, 4.69) is 10.4 Å². The summed E-state index contributed by atoms with van der Waals surface area (Å²) in [6.45, 7) is 0.859. The zero-order valence-corrected chi connectivity index (χ0v) is 14.9. The van der Waals surface area contributed by atoms with E-state index < -0.39 is 0 Å². The molecule has 0 aliphatic carbocycles. The highest BCUT2D eigenvalue weighted by Gasteiger charge is 2.20. The molecule has 0 radical (unpaired) electrons. The van der Waals surface area contributed by atoms with Crippen LogP contribution in [0.15, 0.2) is 67.0 Å². The van der Waals surface area contributed by atoms with E-state index in [-0.39, 0.29) is 12.0 Å². The molecule has 0 saturated carbocycles. The second kappa shape index (κ2) is 7.95. The molecule has 1 N–H and O–H groups in total. The van der Waals surface area contributed by atoms with Gasteiger partial charge in [-0.05, 0) is 36.2 Å². The summed E-state index contributed by atoms with van der Waals surface area (Å²) in [5.74, 6) is 1.46. The van der Waals surface area contributed by atoms with Crippen LogP contribution in [-0.2, 0) is 11.2 Å². The molecule has 4 rings (SSSR count). The van der Waals surface area contributed by atoms with Gasteiger partial charge >= 0.3 is 0 Å². The van der Waals surface area contributed by atoms with Crippen LogP contribution in [0, 0.1) is 0 Å². The van der Waals surface area contributed by atoms with Crippen molar-refractivity contribution in [3.63, 3.8) is 0 Å². The molecule has 1 unspecified atom stereocenters. The molecule has 1 aromatic heterocycles. The molecular weight excluding hydrogens is 342 g/mol. The SMILES string of the molecule is O=C(CCc1cnn(-c2ccccc2)c1)NCC1COc2ccccc2O1. The third-order valence-corrected chi connectivity index (χ3v) is 4.39. The summed E-state index contributed by atoms with van der Waals surface area (Å²) in [5, 5.41) is 7.27. The molecule has 1 aliphatic heterocycles. The number of hydrogen-bond donors (Lipinski definition) is 1. The summed E-state index contributed by atoms with van der Waals surface area (Å²) < 4.78 is 13.3. The minimum absolute atomic E-state index is 0.00933. The first kappa shape index (κ1) is 17.1. The Kier molecular flexibility index (Phi) is 5.05. The van der Waals surface area contributed by atoms with E-state index in [0.29, 0.717) is 26.0 Å². The first-order valence-corrected chi connectivity index (χ1v) is 9.02. The van der Waals surface area contributed by atoms with Gasteiger partial charge in [0.2, 0.25) is 5.91 Å². The first-order chi connectivity index (χ1) is 13.3. The van der Waals surface area contributed by atoms with Gasteiger partial charge < -0.3 is 14.8 Å². The van der Waals surface area contributed by atoms with Crippen molar-refractivity contribution >= 4 is 5.91 Å². The fourth-order valence-electron chi connectivity index (χ4n) is 2.95. The van der Waals surface area contributed by atoms with Gasteiger partial charge in [0.15, 0.2) is 11.5 Å². The summed E-state index contributed by atoms with van der Waals surface area (Å²) in [6, 6.07) is 17.5. The molecule has 0 spiro atoms. The minimum atomic E-state index is -0.176. The van der Waals surface area contributed by atoms with Gasteiger partial charge in [-0.15, -0.1) is 0 Å². The van der Waals surface area contributed by atoms with Crippen molar-refractivity contribution in [2.24, 2.45) is 0 Å². The van der Waals surface area contributed by atoms with Gasteiger partial charge in [-0.3, -0.25) is 4.79 Å². The second-order valence-corrected chi connectivity index (χ2v) is 6.43. The highest BCUT2D eigenvalue weighted by molar-refractivity contribution is 5.76. The number of carbonyl (C=O) groups excluding carboxylic acids is 1. The maximum atomic E-state index is 12.1. The predicted octanol–water partition coefficient (Wildman–Crippen LogP) is 2.76. The van der Waals surface area contributed by atoms with E-state index in [1.807, 2.05) is 65.5 Å². The Labute approximate surface area is 157 Å². The summed E-state index contributed by atoms with van der Waals surface area (Å²) >= 11 is 0. The zero-order valence-electron chi connectivity index (χ0n) is 14.9. The molecule has 1 aliphatic rings. The third kappa shape index (κ3) is 4.28. The predicted molar refractivity (Wildman–Crippen MR) is 101 cm³/mol. The molecule has 0 saturated heterocycles. The molecule has 2 aromatic carbocycles. The maximum Gasteiger partial charge on any atom is 0.220 e. The number of aromatic nitrogens is 2. The monoisotopic (exact) mass is 363 g/mol. The number of nitrogens with one attached hydrogen (secondary N) is 1. The standard InChI is InChI=1S/C21H21N3O3/c25-21(22-13-18-15-26-19-8-4-5-9-20(19)27-18)11-10-16-12-23-24(14-16)17-6-2-1-3-7-17/h1-9,12,14,18H,10-11,13,15H2,(H,22,25). The molecule has 27 heavy (non-hydrogen) atoms. The van der Waals surface area contributed by atoms with Crippen molar-refractivity contribution in [2.45, 2.75) is 18.9 Å². The van der Waals surface area contributed by atoms with Gasteiger partial charge in [0.05, 0.1) is 18.4 Å². The van der Waals surface area contributed by atoms with Crippen LogP contribution in [0.1, 0.15) is 12.0 Å². The Bertz CT molecular complexity index is 908. The summed E-state index contributed by atoms with van der Waals surface area (Å²) in [5.41, 5.74) is 2.03. The molecule has 138 valence electrons.